The minimum Gasteiger partial charge on any atom is -0.508 e. The number of piperidine rings is 1. The third-order valence-electron chi connectivity index (χ3n) is 8.23. The lowest BCUT2D eigenvalue weighted by molar-refractivity contribution is -0.170. The van der Waals surface area contributed by atoms with Gasteiger partial charge in [-0.3, -0.25) is 15.0 Å². The molecule has 1 aromatic carbocycles. The van der Waals surface area contributed by atoms with E-state index in [-0.39, 0.29) is 17.7 Å². The van der Waals surface area contributed by atoms with Crippen molar-refractivity contribution in [2.24, 2.45) is 0 Å². The third-order valence-corrected chi connectivity index (χ3v) is 8.23. The molecular formula is C24H36N4O4. The van der Waals surface area contributed by atoms with Gasteiger partial charge in [-0.1, -0.05) is 6.07 Å². The van der Waals surface area contributed by atoms with Gasteiger partial charge in [0.2, 0.25) is 0 Å². The molecule has 2 saturated heterocycles. The molecule has 4 N–H and O–H groups in total. The number of phenols is 1. The number of carbonyl (C=O) groups excluding carboxylic acids is 2. The number of phenolic OH excluding ortho intramolecular Hbond substituents is 1. The summed E-state index contributed by atoms with van der Waals surface area (Å²) < 4.78 is 0. The number of benzene rings is 1. The van der Waals surface area contributed by atoms with Gasteiger partial charge in [-0.05, 0) is 103 Å². The number of nitrogens with zero attached hydrogens (tertiary/aromatic N) is 2. The van der Waals surface area contributed by atoms with E-state index in [1.165, 1.54) is 0 Å². The molecule has 8 heteroatoms. The number of aryl methyl sites for hydroxylation is 1. The Labute approximate surface area is 190 Å². The number of aliphatic hydroxyl groups is 1. The zero-order chi connectivity index (χ0) is 23.3. The van der Waals surface area contributed by atoms with Crippen LogP contribution in [0.4, 0.5) is 4.79 Å². The van der Waals surface area contributed by atoms with Gasteiger partial charge in [-0.25, -0.2) is 4.79 Å². The highest BCUT2D eigenvalue weighted by atomic mass is 16.3. The fourth-order valence-electron chi connectivity index (χ4n) is 6.46. The van der Waals surface area contributed by atoms with Gasteiger partial charge in [-0.15, -0.1) is 0 Å². The first kappa shape index (κ1) is 23.0. The fraction of sp³-hybridized carbons (Fsp3) is 0.667. The summed E-state index contributed by atoms with van der Waals surface area (Å²) in [5.74, 6) is -0.175. The molecule has 4 atom stereocenters. The van der Waals surface area contributed by atoms with Gasteiger partial charge in [-0.2, -0.15) is 0 Å². The molecule has 3 amide bonds. The number of aromatic hydroxyl groups is 1. The number of urea groups is 1. The van der Waals surface area contributed by atoms with Gasteiger partial charge in [0, 0.05) is 11.5 Å². The molecule has 0 aromatic heterocycles. The number of hydrogen-bond donors (Lipinski definition) is 4. The second-order valence-electron chi connectivity index (χ2n) is 10.3. The number of fused-ring (bicyclic) bond motifs is 1. The van der Waals surface area contributed by atoms with Crippen molar-refractivity contribution < 1.29 is 19.8 Å². The summed E-state index contributed by atoms with van der Waals surface area (Å²) in [6.45, 7) is 6.70. The van der Waals surface area contributed by atoms with E-state index in [0.717, 1.165) is 37.2 Å². The number of imide groups is 1. The first-order valence-electron chi connectivity index (χ1n) is 11.6. The normalized spacial score (nSPS) is 35.1. The van der Waals surface area contributed by atoms with Crippen LogP contribution in [0, 0.1) is 6.92 Å². The molecule has 2 aliphatic heterocycles. The van der Waals surface area contributed by atoms with Crippen molar-refractivity contribution in [3.05, 3.63) is 29.3 Å². The molecule has 1 saturated carbocycles. The number of rotatable bonds is 5. The van der Waals surface area contributed by atoms with Crippen LogP contribution in [0.3, 0.4) is 0 Å². The molecule has 0 radical (unpaired) electrons. The lowest BCUT2D eigenvalue weighted by atomic mass is 9.49. The zero-order valence-corrected chi connectivity index (χ0v) is 19.6. The van der Waals surface area contributed by atoms with E-state index in [2.05, 4.69) is 41.5 Å². The van der Waals surface area contributed by atoms with Crippen molar-refractivity contribution in [1.82, 2.24) is 20.4 Å². The van der Waals surface area contributed by atoms with Crippen LogP contribution in [0.5, 0.6) is 5.75 Å². The Morgan fingerprint density at radius 2 is 1.97 bits per heavy atom. The first-order chi connectivity index (χ1) is 15.0. The summed E-state index contributed by atoms with van der Waals surface area (Å²) in [4.78, 5) is 29.5. The number of nitrogens with one attached hydrogen (secondary N) is 2. The smallest absolute Gasteiger partial charge is 0.322 e. The summed E-state index contributed by atoms with van der Waals surface area (Å²) in [6.07, 6.45) is 2.74. The standard InChI is InChI=1S/C24H36N4O4/c1-16-6-7-18(29)14-19(16)22-10-13-28(12-5-11-27(3)4)17(2)24(22,32)9-8-23(15-22)20(30)25-21(31)26-23/h6-7,14,17,29,32H,5,8-13,15H2,1-4H3,(H2,25,26,30,31)/t17?,22-,23+,24+/m1/s1. The summed E-state index contributed by atoms with van der Waals surface area (Å²) in [7, 11) is 4.12. The average molecular weight is 445 g/mol. The molecule has 1 aliphatic carbocycles. The average Bonchev–Trinajstić information content (AvgIpc) is 3.00. The van der Waals surface area contributed by atoms with Crippen LogP contribution in [0.1, 0.15) is 50.2 Å². The van der Waals surface area contributed by atoms with Crippen LogP contribution < -0.4 is 10.6 Å². The molecule has 3 aliphatic rings. The highest BCUT2D eigenvalue weighted by Gasteiger charge is 2.66. The Balaban J connectivity index is 1.76. The van der Waals surface area contributed by atoms with Crippen molar-refractivity contribution in [3.8, 4) is 5.75 Å². The van der Waals surface area contributed by atoms with E-state index in [9.17, 15) is 19.8 Å². The Bertz CT molecular complexity index is 921. The Hall–Kier alpha value is -2.16. The molecule has 3 fully saturated rings. The molecule has 8 nitrogen and oxygen atoms in total. The quantitative estimate of drug-likeness (QED) is 0.513. The van der Waals surface area contributed by atoms with E-state index in [4.69, 9.17) is 0 Å². The molecular weight excluding hydrogens is 408 g/mol. The van der Waals surface area contributed by atoms with Crippen LogP contribution >= 0.6 is 0 Å². The Kier molecular flexibility index (Phi) is 5.76. The Morgan fingerprint density at radius 3 is 2.62 bits per heavy atom. The van der Waals surface area contributed by atoms with Crippen LogP contribution in [-0.2, 0) is 10.2 Å². The van der Waals surface area contributed by atoms with Crippen LogP contribution in [0.2, 0.25) is 0 Å². The minimum atomic E-state index is -1.10. The second kappa shape index (κ2) is 8.01. The van der Waals surface area contributed by atoms with Crippen LogP contribution in [-0.4, -0.2) is 82.9 Å². The lowest BCUT2D eigenvalue weighted by Crippen LogP contribution is -2.73. The first-order valence-corrected chi connectivity index (χ1v) is 11.6. The largest absolute Gasteiger partial charge is 0.508 e. The van der Waals surface area contributed by atoms with E-state index in [1.54, 1.807) is 12.1 Å². The van der Waals surface area contributed by atoms with E-state index in [1.807, 2.05) is 13.0 Å². The van der Waals surface area contributed by atoms with E-state index >= 15 is 0 Å². The van der Waals surface area contributed by atoms with Gasteiger partial charge < -0.3 is 20.4 Å². The summed E-state index contributed by atoms with van der Waals surface area (Å²) in [5, 5.41) is 28.0. The zero-order valence-electron chi connectivity index (χ0n) is 19.6. The molecule has 1 unspecified atom stereocenters. The predicted molar refractivity (Wildman–Crippen MR) is 122 cm³/mol. The molecule has 176 valence electrons. The maximum absolute atomic E-state index is 12.9. The lowest BCUT2D eigenvalue weighted by Gasteiger charge is -2.62. The number of carbonyl (C=O) groups is 2. The second-order valence-corrected chi connectivity index (χ2v) is 10.3. The van der Waals surface area contributed by atoms with E-state index in [0.29, 0.717) is 25.7 Å². The SMILES string of the molecule is Cc1ccc(O)cc1[C@]12CCN(CCCN(C)C)C(C)[C@@]1(O)CC[C@@]1(C2)NC(=O)NC1=O. The van der Waals surface area contributed by atoms with Crippen LogP contribution in [0.15, 0.2) is 18.2 Å². The molecule has 4 rings (SSSR count). The number of amides is 3. The fourth-order valence-corrected chi connectivity index (χ4v) is 6.46. The molecule has 2 heterocycles. The third kappa shape index (κ3) is 3.49. The molecule has 32 heavy (non-hydrogen) atoms. The maximum atomic E-state index is 12.9. The number of likely N-dealkylation sites (tertiary alicyclic amines) is 1. The maximum Gasteiger partial charge on any atom is 0.322 e. The monoisotopic (exact) mass is 444 g/mol. The van der Waals surface area contributed by atoms with Crippen molar-refractivity contribution >= 4 is 11.9 Å². The van der Waals surface area contributed by atoms with Crippen molar-refractivity contribution in [3.63, 3.8) is 0 Å². The number of hydrogen-bond acceptors (Lipinski definition) is 6. The van der Waals surface area contributed by atoms with Crippen LogP contribution in [0.25, 0.3) is 0 Å². The minimum absolute atomic E-state index is 0.127. The molecule has 1 aromatic rings. The van der Waals surface area contributed by atoms with Gasteiger partial charge in [0.15, 0.2) is 0 Å². The van der Waals surface area contributed by atoms with E-state index < -0.39 is 22.6 Å². The van der Waals surface area contributed by atoms with Crippen molar-refractivity contribution in [1.29, 1.82) is 0 Å². The molecule has 0 bridgehead atoms. The van der Waals surface area contributed by atoms with Gasteiger partial charge in [0.25, 0.3) is 5.91 Å². The van der Waals surface area contributed by atoms with Gasteiger partial charge >= 0.3 is 6.03 Å². The predicted octanol–water partition coefficient (Wildman–Crippen LogP) is 1.48. The highest BCUT2D eigenvalue weighted by molar-refractivity contribution is 6.07. The summed E-state index contributed by atoms with van der Waals surface area (Å²) >= 11 is 0. The highest BCUT2D eigenvalue weighted by Crippen LogP contribution is 2.57. The van der Waals surface area contributed by atoms with Gasteiger partial charge in [0.05, 0.1) is 5.60 Å². The van der Waals surface area contributed by atoms with Gasteiger partial charge in [0.1, 0.15) is 11.3 Å². The van der Waals surface area contributed by atoms with Crippen molar-refractivity contribution in [2.75, 3.05) is 33.7 Å². The summed E-state index contributed by atoms with van der Waals surface area (Å²) in [5.41, 5.74) is -1.06. The molecule has 1 spiro atoms. The summed E-state index contributed by atoms with van der Waals surface area (Å²) in [6, 6.07) is 4.65. The Morgan fingerprint density at radius 1 is 1.22 bits per heavy atom. The van der Waals surface area contributed by atoms with Crippen molar-refractivity contribution in [2.45, 2.75) is 68.5 Å². The topological polar surface area (TPSA) is 105 Å².